The molecule has 0 atom stereocenters. The topological polar surface area (TPSA) is 78.7 Å². The van der Waals surface area contributed by atoms with E-state index in [9.17, 15) is 14.9 Å². The van der Waals surface area contributed by atoms with Crippen LogP contribution in [0.4, 0.5) is 0 Å². The second-order valence-electron chi connectivity index (χ2n) is 4.82. The summed E-state index contributed by atoms with van der Waals surface area (Å²) in [6.45, 7) is 1.43. The van der Waals surface area contributed by atoms with E-state index in [1.165, 1.54) is 6.92 Å². The summed E-state index contributed by atoms with van der Waals surface area (Å²) in [5.41, 5.74) is 0. The molecule has 2 aromatic carbocycles. The van der Waals surface area contributed by atoms with E-state index in [0.29, 0.717) is 18.7 Å². The van der Waals surface area contributed by atoms with Crippen LogP contribution in [0.2, 0.25) is 4.47 Å². The fraction of sp³-hybridized carbons (Fsp3) is 0.133. The third-order valence-electron chi connectivity index (χ3n) is 3.22. The van der Waals surface area contributed by atoms with Crippen molar-refractivity contribution in [2.75, 3.05) is 0 Å². The van der Waals surface area contributed by atoms with Crippen LogP contribution in [-0.4, -0.2) is 29.5 Å². The molecule has 114 valence electrons. The molecule has 0 unspecified atom stereocenters. The van der Waals surface area contributed by atoms with Crippen molar-refractivity contribution in [3.8, 4) is 11.5 Å². The minimum absolute atomic E-state index is 0.0425. The Morgan fingerprint density at radius 3 is 2.09 bits per heavy atom. The van der Waals surface area contributed by atoms with Gasteiger partial charge in [-0.1, -0.05) is 0 Å². The molecule has 0 saturated carbocycles. The predicted octanol–water partition coefficient (Wildman–Crippen LogP) is 1.65. The molecule has 1 aliphatic rings. The normalized spacial score (nSPS) is 15.7. The molecule has 1 aliphatic heterocycles. The first-order chi connectivity index (χ1) is 10.5. The van der Waals surface area contributed by atoms with E-state index in [1.807, 2.05) is 0 Å². The van der Waals surface area contributed by atoms with E-state index < -0.39 is 23.7 Å². The molecule has 0 bridgehead atoms. The number of carbonyl (C=O) groups excluding carboxylic acids is 1. The monoisotopic (exact) mass is 417 g/mol. The Hall–Kier alpha value is -2.10. The van der Waals surface area contributed by atoms with Crippen molar-refractivity contribution in [1.29, 1.82) is 0 Å². The number of fused-ring (bicyclic) bond motifs is 2. The quantitative estimate of drug-likeness (QED) is 0.432. The fourth-order valence-electron chi connectivity index (χ4n) is 2.50. The summed E-state index contributed by atoms with van der Waals surface area (Å²) in [5.74, 6) is 0.936. The average Bonchev–Trinajstić information content (AvgIpc) is 2.46. The van der Waals surface area contributed by atoms with Crippen molar-refractivity contribution in [1.82, 2.24) is 0 Å². The van der Waals surface area contributed by atoms with Gasteiger partial charge in [0.25, 0.3) is 0 Å². The van der Waals surface area contributed by atoms with Crippen molar-refractivity contribution < 1.29 is 17.8 Å². The van der Waals surface area contributed by atoms with Gasteiger partial charge in [0, 0.05) is 0 Å². The van der Waals surface area contributed by atoms with Gasteiger partial charge in [-0.25, -0.2) is 0 Å². The average molecular weight is 415 g/mol. The first kappa shape index (κ1) is 14.8. The van der Waals surface area contributed by atoms with Crippen molar-refractivity contribution in [2.45, 2.75) is 11.4 Å². The molecular formula is C15H13NO5Te. The zero-order valence-electron chi connectivity index (χ0n) is 11.7. The molecule has 22 heavy (non-hydrogen) atoms. The fourth-order valence-corrected chi connectivity index (χ4v) is 11.1. The SMILES string of the molecule is CC(=O)C[Te]1(O[N+](=O)[O-])c2ccccc2Oc2ccccc21. The van der Waals surface area contributed by atoms with E-state index in [-0.39, 0.29) is 10.3 Å². The van der Waals surface area contributed by atoms with Crippen molar-refractivity contribution in [3.05, 3.63) is 58.6 Å². The standard InChI is InChI=1S/C15H13NO5Te/c1-11(17)10-22(21-16(18)19)14-8-4-2-6-12(14)20-13-7-3-5-9-15(13)22/h2-9H,10H2,1H3. The zero-order valence-corrected chi connectivity index (χ0v) is 14.1. The molecular weight excluding hydrogens is 402 g/mol. The van der Waals surface area contributed by atoms with E-state index in [2.05, 4.69) is 0 Å². The summed E-state index contributed by atoms with van der Waals surface area (Å²) >= 11 is -4.00. The summed E-state index contributed by atoms with van der Waals surface area (Å²) in [6.07, 6.45) is 0. The summed E-state index contributed by atoms with van der Waals surface area (Å²) in [4.78, 5) is 23.0. The molecule has 2 aromatic rings. The number of Topliss-reactive ketones (excluding diaryl/α,β-unsaturated/α-hetero) is 1. The van der Waals surface area contributed by atoms with Gasteiger partial charge in [-0.3, -0.25) is 0 Å². The molecule has 0 aromatic heterocycles. The van der Waals surface area contributed by atoms with Crippen molar-refractivity contribution >= 4 is 31.6 Å². The molecule has 0 saturated heterocycles. The van der Waals surface area contributed by atoms with Gasteiger partial charge in [-0.2, -0.15) is 0 Å². The molecule has 0 spiro atoms. The number of ether oxygens (including phenoxy) is 1. The van der Waals surface area contributed by atoms with E-state index in [1.54, 1.807) is 48.5 Å². The van der Waals surface area contributed by atoms with Crippen LogP contribution in [0.15, 0.2) is 48.5 Å². The van der Waals surface area contributed by atoms with Gasteiger partial charge < -0.3 is 0 Å². The first-order valence-electron chi connectivity index (χ1n) is 6.53. The third-order valence-corrected chi connectivity index (χ3v) is 12.6. The molecule has 6 nitrogen and oxygen atoms in total. The number of hydrogen-bond donors (Lipinski definition) is 0. The Balaban J connectivity index is 2.30. The Bertz CT molecular complexity index is 698. The number of nitrogens with zero attached hydrogens (tertiary/aromatic N) is 1. The zero-order chi connectivity index (χ0) is 15.7. The number of ketones is 1. The first-order valence-corrected chi connectivity index (χ1v) is 11.5. The Kier molecular flexibility index (Phi) is 3.77. The number of benzene rings is 2. The van der Waals surface area contributed by atoms with Crippen LogP contribution in [-0.2, 0) is 8.00 Å². The van der Waals surface area contributed by atoms with Crippen LogP contribution in [0.3, 0.4) is 0 Å². The van der Waals surface area contributed by atoms with Crippen LogP contribution in [0.1, 0.15) is 6.92 Å². The molecule has 0 N–H and O–H groups in total. The molecule has 1 heterocycles. The molecule has 7 heteroatoms. The van der Waals surface area contributed by atoms with Gasteiger partial charge in [0.05, 0.1) is 0 Å². The van der Waals surface area contributed by atoms with Gasteiger partial charge in [0.2, 0.25) is 0 Å². The maximum absolute atomic E-state index is 11.8. The van der Waals surface area contributed by atoms with Crippen LogP contribution in [0, 0.1) is 10.1 Å². The molecule has 3 rings (SSSR count). The van der Waals surface area contributed by atoms with Crippen LogP contribution < -0.4 is 12.0 Å². The van der Waals surface area contributed by atoms with Gasteiger partial charge >= 0.3 is 131 Å². The van der Waals surface area contributed by atoms with Crippen molar-refractivity contribution in [2.24, 2.45) is 0 Å². The van der Waals surface area contributed by atoms with Gasteiger partial charge in [0.1, 0.15) is 0 Å². The van der Waals surface area contributed by atoms with E-state index in [0.717, 1.165) is 0 Å². The van der Waals surface area contributed by atoms with Crippen LogP contribution in [0.5, 0.6) is 11.5 Å². The summed E-state index contributed by atoms with van der Waals surface area (Å²) in [5, 5.41) is 10.4. The molecule has 0 radical (unpaired) electrons. The van der Waals surface area contributed by atoms with E-state index >= 15 is 0 Å². The second kappa shape index (κ2) is 5.59. The molecule has 0 aliphatic carbocycles. The third kappa shape index (κ3) is 2.43. The minimum atomic E-state index is -4.00. The predicted molar refractivity (Wildman–Crippen MR) is 81.5 cm³/mol. The Morgan fingerprint density at radius 2 is 1.64 bits per heavy atom. The number of carbonyl (C=O) groups is 1. The van der Waals surface area contributed by atoms with Gasteiger partial charge in [-0.15, -0.1) is 0 Å². The second-order valence-corrected chi connectivity index (χ2v) is 12.4. The summed E-state index contributed by atoms with van der Waals surface area (Å²) < 4.78 is 12.5. The molecule has 0 fully saturated rings. The number of rotatable bonds is 4. The number of hydrogen-bond acceptors (Lipinski definition) is 5. The van der Waals surface area contributed by atoms with Crippen molar-refractivity contribution in [3.63, 3.8) is 0 Å². The van der Waals surface area contributed by atoms with Gasteiger partial charge in [-0.05, 0) is 0 Å². The Labute approximate surface area is 131 Å². The van der Waals surface area contributed by atoms with E-state index in [4.69, 9.17) is 7.94 Å². The Morgan fingerprint density at radius 1 is 1.14 bits per heavy atom. The molecule has 0 amide bonds. The number of para-hydroxylation sites is 2. The van der Waals surface area contributed by atoms with Crippen LogP contribution >= 0.6 is 0 Å². The van der Waals surface area contributed by atoms with Gasteiger partial charge in [0.15, 0.2) is 0 Å². The van der Waals surface area contributed by atoms with Crippen LogP contribution in [0.25, 0.3) is 0 Å². The summed E-state index contributed by atoms with van der Waals surface area (Å²) in [7, 11) is 0. The maximum atomic E-state index is 11.8. The summed E-state index contributed by atoms with van der Waals surface area (Å²) in [6, 6.07) is 14.2.